The monoisotopic (exact) mass is 447 g/mol. The molecule has 0 aromatic carbocycles. The summed E-state index contributed by atoms with van der Waals surface area (Å²) in [5.41, 5.74) is -1.63. The van der Waals surface area contributed by atoms with E-state index in [9.17, 15) is 23.2 Å². The maximum Gasteiger partial charge on any atom is 0.417 e. The van der Waals surface area contributed by atoms with Crippen molar-refractivity contribution in [3.63, 3.8) is 0 Å². The van der Waals surface area contributed by atoms with Crippen LogP contribution in [-0.4, -0.2) is 35.0 Å². The first kappa shape index (κ1) is 21.5. The number of rotatable bonds is 4. The Bertz CT molecular complexity index is 937. The topological polar surface area (TPSA) is 66.2 Å². The minimum atomic E-state index is -4.44. The molecule has 3 unspecified atom stereocenters. The van der Waals surface area contributed by atoms with Gasteiger partial charge in [0, 0.05) is 30.8 Å². The first-order valence-corrected chi connectivity index (χ1v) is 11.4. The third kappa shape index (κ3) is 3.36. The molecular formula is C24H28F3N3O2. The second-order valence-corrected chi connectivity index (χ2v) is 10.9. The smallest absolute Gasteiger partial charge is 0.417 e. The van der Waals surface area contributed by atoms with Gasteiger partial charge in [-0.15, -0.1) is 0 Å². The number of alkyl halides is 3. The van der Waals surface area contributed by atoms with Crippen molar-refractivity contribution in [1.82, 2.24) is 9.88 Å². The molecule has 5 fully saturated rings. The molecule has 0 spiro atoms. The van der Waals surface area contributed by atoms with Crippen LogP contribution in [0, 0.1) is 45.8 Å². The molecule has 32 heavy (non-hydrogen) atoms. The highest BCUT2D eigenvalue weighted by Gasteiger charge is 2.60. The molecule has 5 nitrogen and oxygen atoms in total. The van der Waals surface area contributed by atoms with E-state index in [4.69, 9.17) is 4.74 Å². The van der Waals surface area contributed by atoms with Crippen LogP contribution < -0.4 is 4.74 Å². The molecule has 172 valence electrons. The van der Waals surface area contributed by atoms with Gasteiger partial charge in [0.1, 0.15) is 0 Å². The normalized spacial score (nSPS) is 37.6. The molecule has 5 aliphatic rings. The Balaban J connectivity index is 1.29. The van der Waals surface area contributed by atoms with Crippen molar-refractivity contribution in [2.45, 2.75) is 58.2 Å². The molecular weight excluding hydrogens is 419 g/mol. The summed E-state index contributed by atoms with van der Waals surface area (Å²) in [4.78, 5) is 19.3. The van der Waals surface area contributed by atoms with Crippen molar-refractivity contribution in [2.24, 2.45) is 34.5 Å². The molecule has 2 heterocycles. The van der Waals surface area contributed by atoms with Gasteiger partial charge in [0.2, 0.25) is 11.8 Å². The number of nitrogens with zero attached hydrogens (tertiary/aromatic N) is 3. The van der Waals surface area contributed by atoms with Gasteiger partial charge < -0.3 is 9.64 Å². The number of likely N-dealkylation sites (tertiary alicyclic amines) is 1. The lowest BCUT2D eigenvalue weighted by Crippen LogP contribution is -2.59. The lowest BCUT2D eigenvalue weighted by atomic mass is 9.48. The van der Waals surface area contributed by atoms with Gasteiger partial charge in [-0.1, -0.05) is 13.8 Å². The number of hydrogen-bond acceptors (Lipinski definition) is 4. The van der Waals surface area contributed by atoms with E-state index in [1.54, 1.807) is 0 Å². The van der Waals surface area contributed by atoms with Crippen LogP contribution in [-0.2, 0) is 11.0 Å². The van der Waals surface area contributed by atoms with E-state index >= 15 is 0 Å². The maximum atomic E-state index is 13.4. The molecule has 0 radical (unpaired) electrons. The fourth-order valence-electron chi connectivity index (χ4n) is 7.07. The summed E-state index contributed by atoms with van der Waals surface area (Å²) in [6.45, 7) is 4.65. The zero-order valence-corrected chi connectivity index (χ0v) is 18.4. The van der Waals surface area contributed by atoms with Crippen molar-refractivity contribution in [3.05, 3.63) is 23.9 Å². The van der Waals surface area contributed by atoms with Gasteiger partial charge in [0.05, 0.1) is 29.1 Å². The Morgan fingerprint density at radius 1 is 1.22 bits per heavy atom. The van der Waals surface area contributed by atoms with Crippen molar-refractivity contribution < 1.29 is 22.7 Å². The van der Waals surface area contributed by atoms with Gasteiger partial charge in [-0.3, -0.25) is 4.79 Å². The maximum absolute atomic E-state index is 13.4. The summed E-state index contributed by atoms with van der Waals surface area (Å²) in [5.74, 6) is 1.55. The number of carbonyl (C=O) groups is 1. The van der Waals surface area contributed by atoms with Crippen LogP contribution in [0.25, 0.3) is 0 Å². The minimum absolute atomic E-state index is 0.0822. The van der Waals surface area contributed by atoms with Crippen LogP contribution in [0.15, 0.2) is 18.3 Å². The van der Waals surface area contributed by atoms with E-state index in [0.717, 1.165) is 44.4 Å². The molecule has 4 saturated carbocycles. The molecule has 6 rings (SSSR count). The summed E-state index contributed by atoms with van der Waals surface area (Å²) in [6.07, 6.45) is 1.33. The fourth-order valence-corrected chi connectivity index (χ4v) is 7.07. The first-order chi connectivity index (χ1) is 15.0. The van der Waals surface area contributed by atoms with Gasteiger partial charge in [-0.2, -0.15) is 18.4 Å². The highest BCUT2D eigenvalue weighted by molar-refractivity contribution is 5.85. The Hall–Kier alpha value is -2.30. The molecule has 3 atom stereocenters. The number of carbonyl (C=O) groups excluding carboxylic acids is 1. The zero-order chi connectivity index (χ0) is 22.9. The van der Waals surface area contributed by atoms with Crippen LogP contribution in [0.2, 0.25) is 0 Å². The summed E-state index contributed by atoms with van der Waals surface area (Å²) < 4.78 is 44.0. The van der Waals surface area contributed by atoms with Crippen molar-refractivity contribution in [2.75, 3.05) is 13.2 Å². The Labute approximate surface area is 185 Å². The number of aromatic nitrogens is 1. The van der Waals surface area contributed by atoms with E-state index in [2.05, 4.69) is 11.1 Å². The highest BCUT2D eigenvalue weighted by atomic mass is 19.4. The van der Waals surface area contributed by atoms with Crippen molar-refractivity contribution >= 4 is 5.91 Å². The van der Waals surface area contributed by atoms with E-state index < -0.39 is 17.2 Å². The Morgan fingerprint density at radius 2 is 1.91 bits per heavy atom. The van der Waals surface area contributed by atoms with E-state index in [1.165, 1.54) is 6.07 Å². The number of hydrogen-bond donors (Lipinski definition) is 0. The number of nitriles is 1. The zero-order valence-electron chi connectivity index (χ0n) is 18.4. The number of amides is 1. The summed E-state index contributed by atoms with van der Waals surface area (Å²) >= 11 is 0. The highest BCUT2D eigenvalue weighted by Crippen LogP contribution is 2.61. The molecule has 8 heteroatoms. The second-order valence-electron chi connectivity index (χ2n) is 10.9. The van der Waals surface area contributed by atoms with Gasteiger partial charge in [-0.25, -0.2) is 4.98 Å². The molecule has 4 aliphatic carbocycles. The van der Waals surface area contributed by atoms with E-state index in [0.29, 0.717) is 24.3 Å². The van der Waals surface area contributed by atoms with Crippen LogP contribution in [0.3, 0.4) is 0 Å². The SMILES string of the molecule is CC1(C)C(=O)N(C2C3CC4CC2CC(C#N)(C4)C3)CC1COc1ccc(C(F)(F)F)cn1. The molecule has 4 bridgehead atoms. The van der Waals surface area contributed by atoms with Gasteiger partial charge in [-0.05, 0) is 55.9 Å². The number of pyridine rings is 1. The molecule has 1 amide bonds. The molecule has 0 N–H and O–H groups in total. The van der Waals surface area contributed by atoms with Crippen LogP contribution in [0.5, 0.6) is 5.88 Å². The van der Waals surface area contributed by atoms with Gasteiger partial charge in [0.25, 0.3) is 0 Å². The summed E-state index contributed by atoms with van der Waals surface area (Å²) in [6, 6.07) is 4.98. The van der Waals surface area contributed by atoms with Crippen LogP contribution >= 0.6 is 0 Å². The third-order valence-electron chi connectivity index (χ3n) is 8.57. The quantitative estimate of drug-likeness (QED) is 0.672. The second kappa shape index (κ2) is 7.10. The average molecular weight is 448 g/mol. The lowest BCUT2D eigenvalue weighted by molar-refractivity contribution is -0.147. The molecule has 1 aromatic rings. The predicted molar refractivity (Wildman–Crippen MR) is 109 cm³/mol. The van der Waals surface area contributed by atoms with E-state index in [1.807, 2.05) is 18.7 Å². The number of ether oxygens (including phenoxy) is 1. The van der Waals surface area contributed by atoms with Crippen molar-refractivity contribution in [3.8, 4) is 11.9 Å². The molecule has 1 aliphatic heterocycles. The Kier molecular flexibility index (Phi) is 4.78. The first-order valence-electron chi connectivity index (χ1n) is 11.4. The average Bonchev–Trinajstić information content (AvgIpc) is 2.95. The van der Waals surface area contributed by atoms with Gasteiger partial charge >= 0.3 is 6.18 Å². The number of halogens is 3. The predicted octanol–water partition coefficient (Wildman–Crippen LogP) is 4.68. The largest absolute Gasteiger partial charge is 0.477 e. The Morgan fingerprint density at radius 3 is 2.47 bits per heavy atom. The van der Waals surface area contributed by atoms with Crippen LogP contribution in [0.4, 0.5) is 13.2 Å². The molecule has 1 saturated heterocycles. The van der Waals surface area contributed by atoms with Crippen molar-refractivity contribution in [1.29, 1.82) is 5.26 Å². The summed E-state index contributed by atoms with van der Waals surface area (Å²) in [5, 5.41) is 9.78. The fraction of sp³-hybridized carbons (Fsp3) is 0.708. The van der Waals surface area contributed by atoms with E-state index in [-0.39, 0.29) is 35.8 Å². The summed E-state index contributed by atoms with van der Waals surface area (Å²) in [7, 11) is 0. The lowest BCUT2D eigenvalue weighted by Gasteiger charge is -2.59. The van der Waals surface area contributed by atoms with Gasteiger partial charge in [0.15, 0.2) is 0 Å². The standard InChI is InChI=1S/C24H28F3N3O2/c1-22(2)18(12-32-19-4-3-17(10-29-19)24(25,26)27)11-30(21(22)31)20-15-5-14-6-16(20)9-23(7-14,8-15)13-28/h3-4,10,14-16,18,20H,5-9,11-12H2,1-2H3. The molecule has 1 aromatic heterocycles. The third-order valence-corrected chi connectivity index (χ3v) is 8.57. The minimum Gasteiger partial charge on any atom is -0.477 e. The van der Waals surface area contributed by atoms with Crippen LogP contribution in [0.1, 0.15) is 51.5 Å².